The lowest BCUT2D eigenvalue weighted by Crippen LogP contribution is -2.25. The van der Waals surface area contributed by atoms with Crippen LogP contribution in [0.4, 0.5) is 0 Å². The van der Waals surface area contributed by atoms with Crippen molar-refractivity contribution in [2.24, 2.45) is 0 Å². The molecule has 0 radical (unpaired) electrons. The predicted molar refractivity (Wildman–Crippen MR) is 100 cm³/mol. The fourth-order valence-electron chi connectivity index (χ4n) is 2.75. The highest BCUT2D eigenvalue weighted by atomic mass is 79.9. The van der Waals surface area contributed by atoms with Crippen molar-refractivity contribution >= 4 is 32.6 Å². The number of halogens is 1. The molecule has 0 saturated heterocycles. The molecule has 0 aliphatic rings. The van der Waals surface area contributed by atoms with E-state index in [-0.39, 0.29) is 5.91 Å². The molecule has 0 aromatic heterocycles. The molecule has 3 rings (SSSR count). The van der Waals surface area contributed by atoms with Gasteiger partial charge in [-0.15, -0.1) is 0 Å². The smallest absolute Gasteiger partial charge is 0.251 e. The van der Waals surface area contributed by atoms with Crippen LogP contribution >= 0.6 is 15.9 Å². The van der Waals surface area contributed by atoms with Crippen molar-refractivity contribution in [3.63, 3.8) is 0 Å². The zero-order chi connectivity index (χ0) is 16.9. The maximum atomic E-state index is 12.1. The van der Waals surface area contributed by atoms with Crippen LogP contribution in [0.2, 0.25) is 0 Å². The van der Waals surface area contributed by atoms with Crippen molar-refractivity contribution in [2.45, 2.75) is 12.5 Å². The number of carbonyl (C=O) groups excluding carboxylic acids is 1. The van der Waals surface area contributed by atoms with Crippen molar-refractivity contribution in [1.29, 1.82) is 0 Å². The number of carbonyl (C=O) groups is 1. The molecular formula is C20H18BrNO2. The minimum atomic E-state index is -0.612. The normalized spacial score (nSPS) is 12.1. The van der Waals surface area contributed by atoms with E-state index in [1.165, 1.54) is 0 Å². The van der Waals surface area contributed by atoms with E-state index < -0.39 is 6.10 Å². The van der Waals surface area contributed by atoms with Gasteiger partial charge in [0.05, 0.1) is 6.10 Å². The predicted octanol–water partition coefficient (Wildman–Crippen LogP) is 4.46. The zero-order valence-electron chi connectivity index (χ0n) is 13.1. The Labute approximate surface area is 149 Å². The monoisotopic (exact) mass is 383 g/mol. The molecule has 0 bridgehead atoms. The summed E-state index contributed by atoms with van der Waals surface area (Å²) in [6, 6.07) is 21.1. The summed E-state index contributed by atoms with van der Waals surface area (Å²) in [6.07, 6.45) is -0.146. The molecule has 0 heterocycles. The van der Waals surface area contributed by atoms with E-state index in [1.807, 2.05) is 54.6 Å². The van der Waals surface area contributed by atoms with Gasteiger partial charge in [-0.05, 0) is 41.0 Å². The average molecular weight is 384 g/mol. The lowest BCUT2D eigenvalue weighted by Gasteiger charge is -2.14. The third kappa shape index (κ3) is 3.83. The van der Waals surface area contributed by atoms with Crippen molar-refractivity contribution in [2.75, 3.05) is 6.54 Å². The Balaban J connectivity index is 1.63. The van der Waals surface area contributed by atoms with Gasteiger partial charge < -0.3 is 10.4 Å². The maximum absolute atomic E-state index is 12.1. The quantitative estimate of drug-likeness (QED) is 0.683. The van der Waals surface area contributed by atoms with Gasteiger partial charge in [0.25, 0.3) is 5.91 Å². The summed E-state index contributed by atoms with van der Waals surface area (Å²) < 4.78 is 0.867. The van der Waals surface area contributed by atoms with Crippen LogP contribution in [0.1, 0.15) is 28.4 Å². The summed E-state index contributed by atoms with van der Waals surface area (Å²) in [5.74, 6) is -0.138. The zero-order valence-corrected chi connectivity index (χ0v) is 14.7. The van der Waals surface area contributed by atoms with Gasteiger partial charge >= 0.3 is 0 Å². The fourth-order valence-corrected chi connectivity index (χ4v) is 3.15. The highest BCUT2D eigenvalue weighted by molar-refractivity contribution is 9.10. The highest BCUT2D eigenvalue weighted by Gasteiger charge is 2.12. The fraction of sp³-hybridized carbons (Fsp3) is 0.150. The van der Waals surface area contributed by atoms with Gasteiger partial charge in [-0.2, -0.15) is 0 Å². The summed E-state index contributed by atoms with van der Waals surface area (Å²) in [5, 5.41) is 15.5. The maximum Gasteiger partial charge on any atom is 0.251 e. The highest BCUT2D eigenvalue weighted by Crippen LogP contribution is 2.25. The Kier molecular flexibility index (Phi) is 5.28. The molecule has 3 nitrogen and oxygen atoms in total. The van der Waals surface area contributed by atoms with Crippen molar-refractivity contribution in [1.82, 2.24) is 5.32 Å². The molecule has 1 unspecified atom stereocenters. The second-order valence-corrected chi connectivity index (χ2v) is 6.55. The van der Waals surface area contributed by atoms with E-state index in [0.29, 0.717) is 18.5 Å². The van der Waals surface area contributed by atoms with Crippen LogP contribution in [0.3, 0.4) is 0 Å². The van der Waals surface area contributed by atoms with E-state index in [0.717, 1.165) is 20.8 Å². The van der Waals surface area contributed by atoms with Crippen LogP contribution in [0.5, 0.6) is 0 Å². The third-order valence-electron chi connectivity index (χ3n) is 3.97. The van der Waals surface area contributed by atoms with Crippen LogP contribution in [0, 0.1) is 0 Å². The van der Waals surface area contributed by atoms with Gasteiger partial charge in [-0.3, -0.25) is 4.79 Å². The number of nitrogens with one attached hydrogen (secondary N) is 1. The lowest BCUT2D eigenvalue weighted by molar-refractivity contribution is 0.0943. The van der Waals surface area contributed by atoms with E-state index in [9.17, 15) is 9.90 Å². The van der Waals surface area contributed by atoms with E-state index in [1.54, 1.807) is 12.1 Å². The van der Waals surface area contributed by atoms with Crippen LogP contribution in [0.25, 0.3) is 10.8 Å². The van der Waals surface area contributed by atoms with Crippen molar-refractivity contribution in [3.8, 4) is 0 Å². The number of hydrogen-bond acceptors (Lipinski definition) is 2. The SMILES string of the molecule is O=C(NCCC(O)c1cccc2ccccc12)c1cccc(Br)c1. The molecule has 0 aliphatic heterocycles. The van der Waals surface area contributed by atoms with Gasteiger partial charge in [0.2, 0.25) is 0 Å². The second kappa shape index (κ2) is 7.60. The Bertz CT molecular complexity index is 858. The standard InChI is InChI=1S/C20H18BrNO2/c21-16-8-3-7-15(13-16)20(24)22-12-11-19(23)18-10-4-6-14-5-1-2-9-17(14)18/h1-10,13,19,23H,11-12H2,(H,22,24). The molecule has 3 aromatic rings. The number of hydrogen-bond donors (Lipinski definition) is 2. The summed E-state index contributed by atoms with van der Waals surface area (Å²) in [5.41, 5.74) is 1.49. The van der Waals surface area contributed by atoms with E-state index >= 15 is 0 Å². The number of benzene rings is 3. The molecule has 4 heteroatoms. The van der Waals surface area contributed by atoms with Crippen LogP contribution < -0.4 is 5.32 Å². The first-order valence-electron chi connectivity index (χ1n) is 7.84. The van der Waals surface area contributed by atoms with Crippen LogP contribution in [-0.2, 0) is 0 Å². The Morgan fingerprint density at radius 3 is 2.62 bits per heavy atom. The minimum Gasteiger partial charge on any atom is -0.388 e. The first-order chi connectivity index (χ1) is 11.6. The molecule has 122 valence electrons. The lowest BCUT2D eigenvalue weighted by atomic mass is 9.99. The Morgan fingerprint density at radius 1 is 1.04 bits per heavy atom. The summed E-state index contributed by atoms with van der Waals surface area (Å²) in [7, 11) is 0. The van der Waals surface area contributed by atoms with Gasteiger partial charge in [0.1, 0.15) is 0 Å². The number of aliphatic hydroxyl groups excluding tert-OH is 1. The van der Waals surface area contributed by atoms with Crippen molar-refractivity contribution in [3.05, 3.63) is 82.3 Å². The summed E-state index contributed by atoms with van der Waals surface area (Å²) in [4.78, 5) is 12.1. The number of rotatable bonds is 5. The molecule has 24 heavy (non-hydrogen) atoms. The van der Waals surface area contributed by atoms with Gasteiger partial charge in [-0.1, -0.05) is 64.5 Å². The Hall–Kier alpha value is -2.17. The topological polar surface area (TPSA) is 49.3 Å². The number of aliphatic hydroxyl groups is 1. The van der Waals surface area contributed by atoms with E-state index in [4.69, 9.17) is 0 Å². The van der Waals surface area contributed by atoms with E-state index in [2.05, 4.69) is 21.2 Å². The minimum absolute atomic E-state index is 0.138. The molecule has 1 atom stereocenters. The van der Waals surface area contributed by atoms with Gasteiger partial charge in [0, 0.05) is 16.6 Å². The van der Waals surface area contributed by atoms with Crippen LogP contribution in [0.15, 0.2) is 71.2 Å². The van der Waals surface area contributed by atoms with Gasteiger partial charge in [0.15, 0.2) is 0 Å². The average Bonchev–Trinajstić information content (AvgIpc) is 2.61. The largest absolute Gasteiger partial charge is 0.388 e. The molecule has 2 N–H and O–H groups in total. The molecule has 0 aliphatic carbocycles. The van der Waals surface area contributed by atoms with Gasteiger partial charge in [-0.25, -0.2) is 0 Å². The molecule has 1 amide bonds. The molecule has 0 saturated carbocycles. The summed E-state index contributed by atoms with van der Waals surface area (Å²) >= 11 is 3.36. The first kappa shape index (κ1) is 16.7. The molecule has 0 spiro atoms. The number of amides is 1. The first-order valence-corrected chi connectivity index (χ1v) is 8.64. The molecular weight excluding hydrogens is 366 g/mol. The molecule has 3 aromatic carbocycles. The second-order valence-electron chi connectivity index (χ2n) is 5.64. The van der Waals surface area contributed by atoms with Crippen molar-refractivity contribution < 1.29 is 9.90 Å². The van der Waals surface area contributed by atoms with Crippen LogP contribution in [-0.4, -0.2) is 17.6 Å². The third-order valence-corrected chi connectivity index (χ3v) is 4.47. The molecule has 0 fully saturated rings. The summed E-state index contributed by atoms with van der Waals surface area (Å²) in [6.45, 7) is 0.412. The number of fused-ring (bicyclic) bond motifs is 1. The Morgan fingerprint density at radius 2 is 1.79 bits per heavy atom.